The van der Waals surface area contributed by atoms with E-state index < -0.39 is 0 Å². The van der Waals surface area contributed by atoms with Crippen molar-refractivity contribution >= 4 is 11.3 Å². The van der Waals surface area contributed by atoms with Crippen LogP contribution in [0.2, 0.25) is 0 Å². The average Bonchev–Trinajstić information content (AvgIpc) is 2.79. The van der Waals surface area contributed by atoms with Crippen LogP contribution >= 0.6 is 11.3 Å². The van der Waals surface area contributed by atoms with E-state index in [1.165, 1.54) is 21.1 Å². The van der Waals surface area contributed by atoms with E-state index in [-0.39, 0.29) is 0 Å². The second-order valence-corrected chi connectivity index (χ2v) is 5.44. The summed E-state index contributed by atoms with van der Waals surface area (Å²) in [5.41, 5.74) is 2.59. The van der Waals surface area contributed by atoms with Crippen LogP contribution in [-0.2, 0) is 19.4 Å². The molecule has 0 saturated heterocycles. The summed E-state index contributed by atoms with van der Waals surface area (Å²) in [6.07, 6.45) is 1.97. The van der Waals surface area contributed by atoms with Crippen LogP contribution in [-0.4, -0.2) is 11.5 Å². The van der Waals surface area contributed by atoms with E-state index in [4.69, 9.17) is 4.98 Å². The van der Waals surface area contributed by atoms with Crippen molar-refractivity contribution in [2.45, 2.75) is 33.2 Å². The molecule has 1 N–H and O–H groups in total. The van der Waals surface area contributed by atoms with Crippen molar-refractivity contribution in [3.8, 4) is 0 Å². The second-order valence-electron chi connectivity index (χ2n) is 4.27. The summed E-state index contributed by atoms with van der Waals surface area (Å²) < 4.78 is 0. The number of benzene rings is 1. The van der Waals surface area contributed by atoms with E-state index in [1.54, 1.807) is 0 Å². The monoisotopic (exact) mass is 260 g/mol. The predicted octanol–water partition coefficient (Wildman–Crippen LogP) is 3.41. The molecular formula is C15H20N2S. The standard InChI is InChI=1S/C15H20N2S/c1-3-13-14(11-16-4-2)18-15(17-13)10-12-8-6-5-7-9-12/h5-9,16H,3-4,10-11H2,1-2H3. The van der Waals surface area contributed by atoms with Crippen LogP contribution in [0.4, 0.5) is 0 Å². The van der Waals surface area contributed by atoms with Crippen molar-refractivity contribution in [1.82, 2.24) is 10.3 Å². The predicted molar refractivity (Wildman–Crippen MR) is 78.1 cm³/mol. The van der Waals surface area contributed by atoms with Crippen molar-refractivity contribution in [1.29, 1.82) is 0 Å². The summed E-state index contributed by atoms with van der Waals surface area (Å²) in [6.45, 7) is 6.27. The minimum absolute atomic E-state index is 0.949. The molecule has 0 radical (unpaired) electrons. The molecular weight excluding hydrogens is 240 g/mol. The van der Waals surface area contributed by atoms with Gasteiger partial charge in [0.2, 0.25) is 0 Å². The highest BCUT2D eigenvalue weighted by Gasteiger charge is 2.09. The lowest BCUT2D eigenvalue weighted by Gasteiger charge is -1.99. The molecule has 0 aliphatic heterocycles. The van der Waals surface area contributed by atoms with Gasteiger partial charge in [-0.05, 0) is 18.5 Å². The van der Waals surface area contributed by atoms with E-state index in [0.29, 0.717) is 0 Å². The van der Waals surface area contributed by atoms with Gasteiger partial charge in [0.25, 0.3) is 0 Å². The molecule has 1 aromatic carbocycles. The first-order chi connectivity index (χ1) is 8.83. The Morgan fingerprint density at radius 1 is 1.17 bits per heavy atom. The zero-order valence-electron chi connectivity index (χ0n) is 11.1. The minimum atomic E-state index is 0.949. The molecule has 1 aromatic heterocycles. The number of rotatable bonds is 6. The Balaban J connectivity index is 2.11. The van der Waals surface area contributed by atoms with E-state index in [2.05, 4.69) is 49.5 Å². The smallest absolute Gasteiger partial charge is 0.0975 e. The van der Waals surface area contributed by atoms with Gasteiger partial charge in [0.05, 0.1) is 10.7 Å². The summed E-state index contributed by atoms with van der Waals surface area (Å²) in [5, 5.41) is 4.61. The van der Waals surface area contributed by atoms with Crippen molar-refractivity contribution in [2.75, 3.05) is 6.54 Å². The largest absolute Gasteiger partial charge is 0.312 e. The van der Waals surface area contributed by atoms with Gasteiger partial charge in [0.15, 0.2) is 0 Å². The van der Waals surface area contributed by atoms with Crippen molar-refractivity contribution in [2.24, 2.45) is 0 Å². The van der Waals surface area contributed by atoms with Crippen LogP contribution in [0.5, 0.6) is 0 Å². The fourth-order valence-corrected chi connectivity index (χ4v) is 3.10. The lowest BCUT2D eigenvalue weighted by Crippen LogP contribution is -2.11. The average molecular weight is 260 g/mol. The topological polar surface area (TPSA) is 24.9 Å². The Hall–Kier alpha value is -1.19. The molecule has 0 fully saturated rings. The van der Waals surface area contributed by atoms with Crippen molar-refractivity contribution in [3.63, 3.8) is 0 Å². The van der Waals surface area contributed by atoms with Crippen LogP contribution in [0.15, 0.2) is 30.3 Å². The summed E-state index contributed by atoms with van der Waals surface area (Å²) >= 11 is 1.85. The maximum Gasteiger partial charge on any atom is 0.0975 e. The zero-order valence-corrected chi connectivity index (χ0v) is 11.9. The Bertz CT molecular complexity index is 476. The van der Waals surface area contributed by atoms with Gasteiger partial charge in [0, 0.05) is 17.8 Å². The molecule has 0 unspecified atom stereocenters. The Kier molecular flexibility index (Phi) is 4.90. The highest BCUT2D eigenvalue weighted by atomic mass is 32.1. The van der Waals surface area contributed by atoms with E-state index in [9.17, 15) is 0 Å². The second kappa shape index (κ2) is 6.66. The highest BCUT2D eigenvalue weighted by Crippen LogP contribution is 2.21. The molecule has 0 aliphatic rings. The maximum atomic E-state index is 4.76. The first kappa shape index (κ1) is 13.2. The lowest BCUT2D eigenvalue weighted by atomic mass is 10.2. The van der Waals surface area contributed by atoms with E-state index in [0.717, 1.165) is 25.9 Å². The third-order valence-electron chi connectivity index (χ3n) is 2.89. The molecule has 0 amide bonds. The third-order valence-corrected chi connectivity index (χ3v) is 3.99. The fraction of sp³-hybridized carbons (Fsp3) is 0.400. The van der Waals surface area contributed by atoms with Gasteiger partial charge < -0.3 is 5.32 Å². The molecule has 0 spiro atoms. The molecule has 18 heavy (non-hydrogen) atoms. The Morgan fingerprint density at radius 3 is 2.61 bits per heavy atom. The molecule has 0 saturated carbocycles. The van der Waals surface area contributed by atoms with Crippen LogP contribution in [0, 0.1) is 0 Å². The minimum Gasteiger partial charge on any atom is -0.312 e. The van der Waals surface area contributed by atoms with Gasteiger partial charge in [-0.2, -0.15) is 0 Å². The first-order valence-electron chi connectivity index (χ1n) is 6.55. The van der Waals surface area contributed by atoms with Crippen molar-refractivity contribution in [3.05, 3.63) is 51.5 Å². The third kappa shape index (κ3) is 3.40. The first-order valence-corrected chi connectivity index (χ1v) is 7.37. The summed E-state index contributed by atoms with van der Waals surface area (Å²) in [5.74, 6) is 0. The summed E-state index contributed by atoms with van der Waals surface area (Å²) in [7, 11) is 0. The quantitative estimate of drug-likeness (QED) is 0.861. The van der Waals surface area contributed by atoms with Gasteiger partial charge in [0.1, 0.15) is 0 Å². The SMILES string of the molecule is CCNCc1sc(Cc2ccccc2)nc1CC. The number of aromatic nitrogens is 1. The lowest BCUT2D eigenvalue weighted by molar-refractivity contribution is 0.727. The number of aryl methyl sites for hydroxylation is 1. The van der Waals surface area contributed by atoms with Gasteiger partial charge in [-0.1, -0.05) is 44.2 Å². The molecule has 2 rings (SSSR count). The molecule has 0 bridgehead atoms. The van der Waals surface area contributed by atoms with Crippen molar-refractivity contribution < 1.29 is 0 Å². The molecule has 3 heteroatoms. The number of nitrogens with zero attached hydrogens (tertiary/aromatic N) is 1. The summed E-state index contributed by atoms with van der Waals surface area (Å²) in [4.78, 5) is 6.15. The number of hydrogen-bond acceptors (Lipinski definition) is 3. The summed E-state index contributed by atoms with van der Waals surface area (Å²) in [6, 6.07) is 10.6. The van der Waals surface area contributed by atoms with Crippen LogP contribution < -0.4 is 5.32 Å². The Labute approximate surface area is 113 Å². The molecule has 0 atom stereocenters. The highest BCUT2D eigenvalue weighted by molar-refractivity contribution is 7.11. The molecule has 0 aliphatic carbocycles. The van der Waals surface area contributed by atoms with Gasteiger partial charge in [-0.3, -0.25) is 0 Å². The fourth-order valence-electron chi connectivity index (χ4n) is 1.94. The maximum absolute atomic E-state index is 4.76. The van der Waals surface area contributed by atoms with E-state index in [1.807, 2.05) is 11.3 Å². The van der Waals surface area contributed by atoms with Crippen LogP contribution in [0.3, 0.4) is 0 Å². The molecule has 2 nitrogen and oxygen atoms in total. The molecule has 96 valence electrons. The normalized spacial score (nSPS) is 10.8. The number of thiazole rings is 1. The Morgan fingerprint density at radius 2 is 1.94 bits per heavy atom. The van der Waals surface area contributed by atoms with Gasteiger partial charge >= 0.3 is 0 Å². The molecule has 1 heterocycles. The van der Waals surface area contributed by atoms with Crippen LogP contribution in [0.1, 0.15) is 35.0 Å². The van der Waals surface area contributed by atoms with E-state index >= 15 is 0 Å². The zero-order chi connectivity index (χ0) is 12.8. The van der Waals surface area contributed by atoms with Crippen LogP contribution in [0.25, 0.3) is 0 Å². The number of hydrogen-bond donors (Lipinski definition) is 1. The van der Waals surface area contributed by atoms with Gasteiger partial charge in [-0.25, -0.2) is 4.98 Å². The number of nitrogens with one attached hydrogen (secondary N) is 1. The van der Waals surface area contributed by atoms with Gasteiger partial charge in [-0.15, -0.1) is 11.3 Å². The molecule has 2 aromatic rings.